The molecular formula is C5H7N3O3S. The summed E-state index contributed by atoms with van der Waals surface area (Å²) in [6.45, 7) is 0. The fourth-order valence-corrected chi connectivity index (χ4v) is 1.57. The SMILES string of the molecule is O=CNN1C(=O)CCS/C1=N\O. The van der Waals surface area contributed by atoms with Gasteiger partial charge >= 0.3 is 0 Å². The van der Waals surface area contributed by atoms with Gasteiger partial charge < -0.3 is 5.21 Å². The van der Waals surface area contributed by atoms with Gasteiger partial charge in [0.1, 0.15) is 0 Å². The topological polar surface area (TPSA) is 82.0 Å². The van der Waals surface area contributed by atoms with E-state index in [0.29, 0.717) is 18.6 Å². The minimum Gasteiger partial charge on any atom is -0.409 e. The Hall–Kier alpha value is -1.24. The molecule has 0 spiro atoms. The van der Waals surface area contributed by atoms with E-state index in [4.69, 9.17) is 5.21 Å². The predicted octanol–water partition coefficient (Wildman–Crippen LogP) is -0.642. The Morgan fingerprint density at radius 2 is 2.50 bits per heavy atom. The molecule has 2 N–H and O–H groups in total. The number of carbonyl (C=O) groups is 2. The van der Waals surface area contributed by atoms with Crippen LogP contribution in [0.15, 0.2) is 5.16 Å². The number of amides is 2. The fourth-order valence-electron chi connectivity index (χ4n) is 0.766. The molecule has 1 fully saturated rings. The molecule has 1 rings (SSSR count). The number of nitrogens with zero attached hydrogens (tertiary/aromatic N) is 2. The quantitative estimate of drug-likeness (QED) is 0.344. The molecule has 0 unspecified atom stereocenters. The zero-order valence-corrected chi connectivity index (χ0v) is 6.87. The molecule has 0 bridgehead atoms. The first-order chi connectivity index (χ1) is 5.79. The zero-order valence-electron chi connectivity index (χ0n) is 6.06. The Labute approximate surface area is 72.6 Å². The van der Waals surface area contributed by atoms with Gasteiger partial charge in [-0.15, -0.1) is 0 Å². The molecule has 0 saturated carbocycles. The molecule has 0 aromatic heterocycles. The van der Waals surface area contributed by atoms with Crippen LogP contribution in [0.3, 0.4) is 0 Å². The molecule has 12 heavy (non-hydrogen) atoms. The number of oxime groups is 1. The summed E-state index contributed by atoms with van der Waals surface area (Å²) >= 11 is 1.20. The average molecular weight is 189 g/mol. The summed E-state index contributed by atoms with van der Waals surface area (Å²) in [5.41, 5.74) is 2.13. The first-order valence-corrected chi connectivity index (χ1v) is 4.15. The van der Waals surface area contributed by atoms with Crippen molar-refractivity contribution in [3.05, 3.63) is 0 Å². The van der Waals surface area contributed by atoms with Crippen molar-refractivity contribution < 1.29 is 14.8 Å². The van der Waals surface area contributed by atoms with Crippen LogP contribution in [0, 0.1) is 0 Å². The third-order valence-corrected chi connectivity index (χ3v) is 2.19. The van der Waals surface area contributed by atoms with Crippen LogP contribution in [0.2, 0.25) is 0 Å². The lowest BCUT2D eigenvalue weighted by Crippen LogP contribution is -2.47. The van der Waals surface area contributed by atoms with E-state index in [9.17, 15) is 9.59 Å². The first-order valence-electron chi connectivity index (χ1n) is 3.17. The molecule has 2 amide bonds. The van der Waals surface area contributed by atoms with Crippen molar-refractivity contribution in [3.8, 4) is 0 Å². The molecule has 7 heteroatoms. The number of thioether (sulfide) groups is 1. The maximum absolute atomic E-state index is 11.1. The number of hydrogen-bond donors (Lipinski definition) is 2. The molecule has 0 aromatic carbocycles. The maximum Gasteiger partial charge on any atom is 0.248 e. The molecule has 0 radical (unpaired) electrons. The number of rotatable bonds is 2. The van der Waals surface area contributed by atoms with Crippen molar-refractivity contribution in [2.24, 2.45) is 5.16 Å². The molecule has 0 atom stereocenters. The summed E-state index contributed by atoms with van der Waals surface area (Å²) in [6.07, 6.45) is 0.680. The monoisotopic (exact) mass is 189 g/mol. The minimum atomic E-state index is -0.284. The highest BCUT2D eigenvalue weighted by atomic mass is 32.2. The van der Waals surface area contributed by atoms with Gasteiger partial charge in [0.2, 0.25) is 17.5 Å². The molecule has 66 valence electrons. The minimum absolute atomic E-state index is 0.0957. The smallest absolute Gasteiger partial charge is 0.248 e. The third kappa shape index (κ3) is 1.67. The van der Waals surface area contributed by atoms with E-state index in [1.165, 1.54) is 11.8 Å². The van der Waals surface area contributed by atoms with Crippen LogP contribution < -0.4 is 5.43 Å². The van der Waals surface area contributed by atoms with E-state index >= 15 is 0 Å². The van der Waals surface area contributed by atoms with Gasteiger partial charge in [-0.3, -0.25) is 15.0 Å². The van der Waals surface area contributed by atoms with Crippen LogP contribution in [-0.4, -0.2) is 33.5 Å². The lowest BCUT2D eigenvalue weighted by Gasteiger charge is -2.24. The van der Waals surface area contributed by atoms with E-state index in [2.05, 4.69) is 10.6 Å². The molecule has 0 aromatic rings. The van der Waals surface area contributed by atoms with Gasteiger partial charge in [0.15, 0.2) is 0 Å². The van der Waals surface area contributed by atoms with Gasteiger partial charge in [0.25, 0.3) is 0 Å². The van der Waals surface area contributed by atoms with E-state index < -0.39 is 0 Å². The molecule has 6 nitrogen and oxygen atoms in total. The second-order valence-corrected chi connectivity index (χ2v) is 3.02. The number of amidine groups is 1. The van der Waals surface area contributed by atoms with Gasteiger partial charge in [-0.1, -0.05) is 16.9 Å². The van der Waals surface area contributed by atoms with Crippen LogP contribution in [0.1, 0.15) is 6.42 Å². The molecule has 0 aliphatic carbocycles. The standard InChI is InChI=1S/C5H7N3O3S/c9-3-6-8-4(10)1-2-12-5(8)7-11/h3,11H,1-2H2,(H,6,9)/b7-5-. The number of hydrogen-bond acceptors (Lipinski definition) is 5. The number of hydrazine groups is 1. The first kappa shape index (κ1) is 8.85. The van der Waals surface area contributed by atoms with E-state index in [1.54, 1.807) is 0 Å². The normalized spacial score (nSPS) is 21.2. The van der Waals surface area contributed by atoms with Crippen molar-refractivity contribution in [1.82, 2.24) is 10.4 Å². The van der Waals surface area contributed by atoms with Gasteiger partial charge in [-0.25, -0.2) is 0 Å². The zero-order chi connectivity index (χ0) is 8.97. The largest absolute Gasteiger partial charge is 0.409 e. The van der Waals surface area contributed by atoms with Crippen molar-refractivity contribution in [3.63, 3.8) is 0 Å². The van der Waals surface area contributed by atoms with Gasteiger partial charge in [0, 0.05) is 12.2 Å². The van der Waals surface area contributed by atoms with Crippen LogP contribution in [-0.2, 0) is 9.59 Å². The Bertz CT molecular complexity index is 230. The Kier molecular flexibility index (Phi) is 2.92. The van der Waals surface area contributed by atoms with Crippen molar-refractivity contribution in [1.29, 1.82) is 0 Å². The summed E-state index contributed by atoms with van der Waals surface area (Å²) in [7, 11) is 0. The molecule has 1 aliphatic heterocycles. The van der Waals surface area contributed by atoms with Crippen molar-refractivity contribution in [2.45, 2.75) is 6.42 Å². The second kappa shape index (κ2) is 3.96. The van der Waals surface area contributed by atoms with Gasteiger partial charge in [-0.05, 0) is 0 Å². The molecule has 1 heterocycles. The van der Waals surface area contributed by atoms with Crippen LogP contribution in [0.4, 0.5) is 0 Å². The molecular weight excluding hydrogens is 182 g/mol. The third-order valence-electron chi connectivity index (χ3n) is 1.26. The Morgan fingerprint density at radius 1 is 1.75 bits per heavy atom. The lowest BCUT2D eigenvalue weighted by atomic mass is 10.4. The summed E-state index contributed by atoms with van der Waals surface area (Å²) in [6, 6.07) is 0. The fraction of sp³-hybridized carbons (Fsp3) is 0.400. The van der Waals surface area contributed by atoms with Gasteiger partial charge in [-0.2, -0.15) is 5.01 Å². The summed E-state index contributed by atoms with van der Waals surface area (Å²) in [5.74, 6) is 0.281. The number of nitrogens with one attached hydrogen (secondary N) is 1. The average Bonchev–Trinajstić information content (AvgIpc) is 2.09. The summed E-state index contributed by atoms with van der Waals surface area (Å²) in [5, 5.41) is 12.3. The Balaban J connectivity index is 2.72. The van der Waals surface area contributed by atoms with Crippen LogP contribution in [0.5, 0.6) is 0 Å². The van der Waals surface area contributed by atoms with Crippen LogP contribution >= 0.6 is 11.8 Å². The highest BCUT2D eigenvalue weighted by Gasteiger charge is 2.25. The highest BCUT2D eigenvalue weighted by molar-refractivity contribution is 8.13. The van der Waals surface area contributed by atoms with Gasteiger partial charge in [0.05, 0.1) is 0 Å². The summed E-state index contributed by atoms with van der Waals surface area (Å²) < 4.78 is 0. The highest BCUT2D eigenvalue weighted by Crippen LogP contribution is 2.15. The van der Waals surface area contributed by atoms with Crippen molar-refractivity contribution in [2.75, 3.05) is 5.75 Å². The van der Waals surface area contributed by atoms with E-state index in [0.717, 1.165) is 5.01 Å². The maximum atomic E-state index is 11.1. The molecule has 1 saturated heterocycles. The number of carbonyl (C=O) groups excluding carboxylic acids is 2. The predicted molar refractivity (Wildman–Crippen MR) is 42.3 cm³/mol. The van der Waals surface area contributed by atoms with E-state index in [1.807, 2.05) is 0 Å². The molecule has 1 aliphatic rings. The lowest BCUT2D eigenvalue weighted by molar-refractivity contribution is -0.132. The van der Waals surface area contributed by atoms with Crippen molar-refractivity contribution >= 4 is 29.2 Å². The second-order valence-electron chi connectivity index (χ2n) is 1.96. The van der Waals surface area contributed by atoms with E-state index in [-0.39, 0.29) is 11.1 Å². The Morgan fingerprint density at radius 3 is 3.08 bits per heavy atom. The summed E-state index contributed by atoms with van der Waals surface area (Å²) in [4.78, 5) is 21.1. The van der Waals surface area contributed by atoms with Crippen LogP contribution in [0.25, 0.3) is 0 Å².